The van der Waals surface area contributed by atoms with Crippen LogP contribution in [0.2, 0.25) is 0 Å². The summed E-state index contributed by atoms with van der Waals surface area (Å²) in [7, 11) is 1.91. The van der Waals surface area contributed by atoms with Gasteiger partial charge in [-0.3, -0.25) is 4.79 Å². The van der Waals surface area contributed by atoms with Crippen molar-refractivity contribution in [2.24, 2.45) is 0 Å². The fourth-order valence-corrected chi connectivity index (χ4v) is 1.71. The molecule has 0 atom stereocenters. The maximum Gasteiger partial charge on any atom is 0.220 e. The molecule has 20 heavy (non-hydrogen) atoms. The van der Waals surface area contributed by atoms with E-state index in [-0.39, 0.29) is 18.3 Å². The number of rotatable bonds is 9. The number of carbonyl (C=O) groups is 1. The van der Waals surface area contributed by atoms with Crippen molar-refractivity contribution < 1.29 is 9.53 Å². The van der Waals surface area contributed by atoms with E-state index in [1.165, 1.54) is 5.56 Å². The Morgan fingerprint density at radius 2 is 2.05 bits per heavy atom. The number of ether oxygens (including phenoxy) is 1. The Hall–Kier alpha value is -1.26. The predicted molar refractivity (Wildman–Crippen MR) is 84.7 cm³/mol. The predicted octanol–water partition coefficient (Wildman–Crippen LogP) is 2.30. The third-order valence-electron chi connectivity index (χ3n) is 2.73. The molecule has 0 saturated carbocycles. The van der Waals surface area contributed by atoms with Crippen molar-refractivity contribution in [2.75, 3.05) is 26.7 Å². The first-order valence-electron chi connectivity index (χ1n) is 6.83. The first kappa shape index (κ1) is 18.7. The molecular weight excluding hydrogens is 276 g/mol. The SMILES string of the molecule is CNCCCNC(=O)CCCOc1cccc(C)c1.Cl. The third kappa shape index (κ3) is 8.77. The average Bonchev–Trinajstić information content (AvgIpc) is 2.40. The standard InChI is InChI=1S/C15H24N2O2.ClH/c1-13-6-3-7-14(12-13)19-11-4-8-15(18)17-10-5-9-16-2;/h3,6-7,12,16H,4-5,8-11H2,1-2H3,(H,17,18);1H. The van der Waals surface area contributed by atoms with Crippen molar-refractivity contribution >= 4 is 18.3 Å². The number of amides is 1. The van der Waals surface area contributed by atoms with Crippen LogP contribution in [0.3, 0.4) is 0 Å². The molecule has 1 rings (SSSR count). The monoisotopic (exact) mass is 300 g/mol. The number of nitrogens with one attached hydrogen (secondary N) is 2. The number of benzene rings is 1. The second-order valence-corrected chi connectivity index (χ2v) is 4.58. The van der Waals surface area contributed by atoms with Crippen molar-refractivity contribution in [1.82, 2.24) is 10.6 Å². The quantitative estimate of drug-likeness (QED) is 0.688. The summed E-state index contributed by atoms with van der Waals surface area (Å²) in [5.74, 6) is 0.971. The van der Waals surface area contributed by atoms with Gasteiger partial charge < -0.3 is 15.4 Å². The molecule has 0 bridgehead atoms. The molecule has 0 saturated heterocycles. The van der Waals surface area contributed by atoms with E-state index in [0.29, 0.717) is 13.0 Å². The van der Waals surface area contributed by atoms with Crippen LogP contribution in [-0.4, -0.2) is 32.7 Å². The summed E-state index contributed by atoms with van der Waals surface area (Å²) in [6.07, 6.45) is 2.22. The molecule has 5 heteroatoms. The summed E-state index contributed by atoms with van der Waals surface area (Å²) in [4.78, 5) is 11.5. The zero-order valence-electron chi connectivity index (χ0n) is 12.3. The van der Waals surface area contributed by atoms with Gasteiger partial charge in [0.15, 0.2) is 0 Å². The minimum Gasteiger partial charge on any atom is -0.494 e. The van der Waals surface area contributed by atoms with E-state index in [1.807, 2.05) is 38.2 Å². The van der Waals surface area contributed by atoms with Crippen LogP contribution < -0.4 is 15.4 Å². The normalized spacial score (nSPS) is 9.70. The summed E-state index contributed by atoms with van der Waals surface area (Å²) in [5.41, 5.74) is 1.18. The van der Waals surface area contributed by atoms with Crippen LogP contribution in [-0.2, 0) is 4.79 Å². The van der Waals surface area contributed by atoms with Gasteiger partial charge in [0, 0.05) is 13.0 Å². The van der Waals surface area contributed by atoms with E-state index in [0.717, 1.165) is 31.7 Å². The molecule has 1 aromatic rings. The highest BCUT2D eigenvalue weighted by Gasteiger charge is 2.00. The second-order valence-electron chi connectivity index (χ2n) is 4.58. The van der Waals surface area contributed by atoms with E-state index in [9.17, 15) is 4.79 Å². The molecule has 1 amide bonds. The first-order valence-corrected chi connectivity index (χ1v) is 6.83. The molecule has 0 aromatic heterocycles. The van der Waals surface area contributed by atoms with Gasteiger partial charge in [0.05, 0.1) is 6.61 Å². The van der Waals surface area contributed by atoms with Crippen molar-refractivity contribution in [3.63, 3.8) is 0 Å². The van der Waals surface area contributed by atoms with Gasteiger partial charge >= 0.3 is 0 Å². The topological polar surface area (TPSA) is 50.4 Å². The van der Waals surface area contributed by atoms with Gasteiger partial charge in [-0.1, -0.05) is 12.1 Å². The Bertz CT molecular complexity index is 386. The smallest absolute Gasteiger partial charge is 0.220 e. The Morgan fingerprint density at radius 1 is 1.25 bits per heavy atom. The number of hydrogen-bond acceptors (Lipinski definition) is 3. The molecule has 2 N–H and O–H groups in total. The fraction of sp³-hybridized carbons (Fsp3) is 0.533. The minimum absolute atomic E-state index is 0. The van der Waals surface area contributed by atoms with Gasteiger partial charge in [-0.25, -0.2) is 0 Å². The molecule has 0 aliphatic rings. The van der Waals surface area contributed by atoms with E-state index < -0.39 is 0 Å². The molecule has 0 unspecified atom stereocenters. The van der Waals surface area contributed by atoms with Gasteiger partial charge in [-0.05, 0) is 51.1 Å². The Morgan fingerprint density at radius 3 is 2.75 bits per heavy atom. The van der Waals surface area contributed by atoms with E-state index in [1.54, 1.807) is 0 Å². The van der Waals surface area contributed by atoms with E-state index in [2.05, 4.69) is 10.6 Å². The maximum absolute atomic E-state index is 11.5. The van der Waals surface area contributed by atoms with Crippen LogP contribution in [0.25, 0.3) is 0 Å². The molecule has 114 valence electrons. The van der Waals surface area contributed by atoms with Crippen LogP contribution in [0.4, 0.5) is 0 Å². The Kier molecular flexibility index (Phi) is 10.8. The zero-order chi connectivity index (χ0) is 13.9. The lowest BCUT2D eigenvalue weighted by molar-refractivity contribution is -0.121. The molecule has 0 heterocycles. The van der Waals surface area contributed by atoms with Gasteiger partial charge in [0.1, 0.15) is 5.75 Å². The zero-order valence-corrected chi connectivity index (χ0v) is 13.1. The lowest BCUT2D eigenvalue weighted by Gasteiger charge is -2.07. The van der Waals surface area contributed by atoms with Gasteiger partial charge in [0.2, 0.25) is 5.91 Å². The maximum atomic E-state index is 11.5. The Labute approximate surface area is 127 Å². The van der Waals surface area contributed by atoms with Crippen molar-refractivity contribution in [1.29, 1.82) is 0 Å². The lowest BCUT2D eigenvalue weighted by atomic mass is 10.2. The van der Waals surface area contributed by atoms with Crippen LogP contribution in [0, 0.1) is 6.92 Å². The van der Waals surface area contributed by atoms with E-state index in [4.69, 9.17) is 4.74 Å². The summed E-state index contributed by atoms with van der Waals surface area (Å²) in [6, 6.07) is 7.94. The van der Waals surface area contributed by atoms with Crippen LogP contribution in [0.15, 0.2) is 24.3 Å². The second kappa shape index (κ2) is 11.6. The number of carbonyl (C=O) groups excluding carboxylic acids is 1. The average molecular weight is 301 g/mol. The lowest BCUT2D eigenvalue weighted by Crippen LogP contribution is -2.26. The van der Waals surface area contributed by atoms with Crippen molar-refractivity contribution in [3.05, 3.63) is 29.8 Å². The van der Waals surface area contributed by atoms with Crippen LogP contribution >= 0.6 is 12.4 Å². The van der Waals surface area contributed by atoms with E-state index >= 15 is 0 Å². The summed E-state index contributed by atoms with van der Waals surface area (Å²) in [5, 5.41) is 5.94. The van der Waals surface area contributed by atoms with Crippen molar-refractivity contribution in [2.45, 2.75) is 26.2 Å². The summed E-state index contributed by atoms with van der Waals surface area (Å²) in [6.45, 7) is 4.27. The van der Waals surface area contributed by atoms with Gasteiger partial charge in [-0.2, -0.15) is 0 Å². The molecule has 0 aliphatic carbocycles. The summed E-state index contributed by atoms with van der Waals surface area (Å²) >= 11 is 0. The van der Waals surface area contributed by atoms with Gasteiger partial charge in [0.25, 0.3) is 0 Å². The number of aryl methyl sites for hydroxylation is 1. The van der Waals surface area contributed by atoms with Gasteiger partial charge in [-0.15, -0.1) is 12.4 Å². The molecule has 1 aromatic carbocycles. The third-order valence-corrected chi connectivity index (χ3v) is 2.73. The molecule has 0 aliphatic heterocycles. The number of halogens is 1. The molecule has 0 fully saturated rings. The largest absolute Gasteiger partial charge is 0.494 e. The van der Waals surface area contributed by atoms with Crippen LogP contribution in [0.1, 0.15) is 24.8 Å². The highest BCUT2D eigenvalue weighted by atomic mass is 35.5. The van der Waals surface area contributed by atoms with Crippen molar-refractivity contribution in [3.8, 4) is 5.75 Å². The number of hydrogen-bond donors (Lipinski definition) is 2. The molecular formula is C15H25ClN2O2. The molecule has 0 radical (unpaired) electrons. The fourth-order valence-electron chi connectivity index (χ4n) is 1.71. The highest BCUT2D eigenvalue weighted by Crippen LogP contribution is 2.12. The first-order chi connectivity index (χ1) is 9.22. The van der Waals surface area contributed by atoms with Crippen LogP contribution in [0.5, 0.6) is 5.75 Å². The molecule has 0 spiro atoms. The molecule has 4 nitrogen and oxygen atoms in total. The minimum atomic E-state index is 0. The Balaban J connectivity index is 0.00000361. The summed E-state index contributed by atoms with van der Waals surface area (Å²) < 4.78 is 5.59. The highest BCUT2D eigenvalue weighted by molar-refractivity contribution is 5.85.